The van der Waals surface area contributed by atoms with Crippen LogP contribution in [0.3, 0.4) is 0 Å². The molecule has 3 aromatic rings. The minimum absolute atomic E-state index is 0.0389. The fourth-order valence-electron chi connectivity index (χ4n) is 3.53. The number of carbonyl (C=O) groups excluding carboxylic acids is 1. The molecule has 0 bridgehead atoms. The summed E-state index contributed by atoms with van der Waals surface area (Å²) in [6.07, 6.45) is 0.790. The molecule has 29 heavy (non-hydrogen) atoms. The summed E-state index contributed by atoms with van der Waals surface area (Å²) < 4.78 is 12.0. The highest BCUT2D eigenvalue weighted by Crippen LogP contribution is 2.38. The third kappa shape index (κ3) is 4.07. The number of ether oxygens (including phenoxy) is 2. The van der Waals surface area contributed by atoms with E-state index in [9.17, 15) is 4.79 Å². The van der Waals surface area contributed by atoms with E-state index in [2.05, 4.69) is 32.8 Å². The maximum atomic E-state index is 11.9. The van der Waals surface area contributed by atoms with Crippen LogP contribution in [-0.4, -0.2) is 41.5 Å². The van der Waals surface area contributed by atoms with Crippen LogP contribution in [0.25, 0.3) is 0 Å². The number of rotatable bonds is 6. The van der Waals surface area contributed by atoms with Gasteiger partial charge in [0.2, 0.25) is 5.95 Å². The van der Waals surface area contributed by atoms with Crippen LogP contribution in [-0.2, 0) is 9.53 Å². The van der Waals surface area contributed by atoms with Crippen LogP contribution in [0.1, 0.15) is 29.6 Å². The number of carbonyl (C=O) groups is 1. The number of fused-ring (bicyclic) bond motifs is 1. The number of benzene rings is 2. The average Bonchev–Trinajstić information content (AvgIpc) is 3.16. The van der Waals surface area contributed by atoms with Gasteiger partial charge in [0.05, 0.1) is 19.2 Å². The number of amides is 1. The average molecular weight is 393 g/mol. The monoisotopic (exact) mass is 393 g/mol. The first-order valence-electron chi connectivity index (χ1n) is 9.38. The molecule has 2 atom stereocenters. The highest BCUT2D eigenvalue weighted by molar-refractivity contribution is 5.90. The number of nitrogens with zero attached hydrogens (tertiary/aromatic N) is 3. The van der Waals surface area contributed by atoms with Crippen molar-refractivity contribution in [3.05, 3.63) is 65.7 Å². The molecule has 0 spiro atoms. The molecule has 4 rings (SSSR count). The Kier molecular flexibility index (Phi) is 5.44. The minimum atomic E-state index is -0.295. The van der Waals surface area contributed by atoms with Crippen molar-refractivity contribution >= 4 is 17.8 Å². The fourth-order valence-corrected chi connectivity index (χ4v) is 3.53. The first-order chi connectivity index (χ1) is 14.2. The Morgan fingerprint density at radius 3 is 2.59 bits per heavy atom. The standard InChI is InChI=1S/C21H23N5O3/c1-28-13-19(27)23-20-24-21-22-17(14-6-4-3-5-7-14)12-18(26(21)25-20)15-8-10-16(29-2)11-9-15/h3-11,17-18H,12-13H2,1-2H3,(H2,22,23,24,25,27)/t17-,18-/m1/s1. The van der Waals surface area contributed by atoms with Crippen molar-refractivity contribution < 1.29 is 14.3 Å². The van der Waals surface area contributed by atoms with Crippen LogP contribution in [0.2, 0.25) is 0 Å². The molecule has 0 saturated heterocycles. The van der Waals surface area contributed by atoms with Gasteiger partial charge in [-0.05, 0) is 29.7 Å². The van der Waals surface area contributed by atoms with Gasteiger partial charge in [0.15, 0.2) is 0 Å². The molecule has 0 aliphatic carbocycles. The summed E-state index contributed by atoms with van der Waals surface area (Å²) in [6.45, 7) is -0.0498. The minimum Gasteiger partial charge on any atom is -0.497 e. The molecule has 1 aliphatic heterocycles. The number of nitrogens with one attached hydrogen (secondary N) is 2. The molecule has 8 heteroatoms. The van der Waals surface area contributed by atoms with Gasteiger partial charge in [-0.15, -0.1) is 5.10 Å². The zero-order valence-electron chi connectivity index (χ0n) is 16.3. The zero-order chi connectivity index (χ0) is 20.2. The van der Waals surface area contributed by atoms with Gasteiger partial charge in [0.25, 0.3) is 11.9 Å². The van der Waals surface area contributed by atoms with Crippen LogP contribution in [0.5, 0.6) is 5.75 Å². The van der Waals surface area contributed by atoms with Crippen LogP contribution < -0.4 is 15.4 Å². The zero-order valence-corrected chi connectivity index (χ0v) is 16.3. The van der Waals surface area contributed by atoms with Gasteiger partial charge in [-0.25, -0.2) is 4.68 Å². The molecule has 1 aromatic heterocycles. The largest absolute Gasteiger partial charge is 0.497 e. The predicted octanol–water partition coefficient (Wildman–Crippen LogP) is 3.02. The topological polar surface area (TPSA) is 90.3 Å². The van der Waals surface area contributed by atoms with Gasteiger partial charge in [0.1, 0.15) is 12.4 Å². The molecule has 1 aliphatic rings. The normalized spacial score (nSPS) is 17.9. The van der Waals surface area contributed by atoms with E-state index in [1.165, 1.54) is 12.7 Å². The van der Waals surface area contributed by atoms with Crippen molar-refractivity contribution in [3.63, 3.8) is 0 Å². The first-order valence-corrected chi connectivity index (χ1v) is 9.38. The number of hydrogen-bond donors (Lipinski definition) is 2. The Bertz CT molecular complexity index is 972. The lowest BCUT2D eigenvalue weighted by Gasteiger charge is -2.31. The predicted molar refractivity (Wildman–Crippen MR) is 109 cm³/mol. The second-order valence-corrected chi connectivity index (χ2v) is 6.82. The highest BCUT2D eigenvalue weighted by atomic mass is 16.5. The van der Waals surface area contributed by atoms with E-state index in [0.29, 0.717) is 5.95 Å². The SMILES string of the molecule is COCC(=O)Nc1nc2n(n1)[C@@H](c1ccc(OC)cc1)C[C@H](c1ccccc1)N2. The number of anilines is 2. The Morgan fingerprint density at radius 2 is 1.90 bits per heavy atom. The molecule has 0 unspecified atom stereocenters. The second-order valence-electron chi connectivity index (χ2n) is 6.82. The van der Waals surface area contributed by atoms with Gasteiger partial charge in [-0.1, -0.05) is 42.5 Å². The molecule has 1 amide bonds. The lowest BCUT2D eigenvalue weighted by Crippen LogP contribution is -2.28. The molecule has 8 nitrogen and oxygen atoms in total. The van der Waals surface area contributed by atoms with Crippen LogP contribution in [0, 0.1) is 0 Å². The van der Waals surface area contributed by atoms with E-state index in [0.717, 1.165) is 17.7 Å². The van der Waals surface area contributed by atoms with Crippen molar-refractivity contribution in [1.82, 2.24) is 14.8 Å². The van der Waals surface area contributed by atoms with Gasteiger partial charge >= 0.3 is 0 Å². The number of hydrogen-bond acceptors (Lipinski definition) is 6. The van der Waals surface area contributed by atoms with Crippen LogP contribution in [0.4, 0.5) is 11.9 Å². The molecular weight excluding hydrogens is 370 g/mol. The Morgan fingerprint density at radius 1 is 1.14 bits per heavy atom. The van der Waals surface area contributed by atoms with Gasteiger partial charge in [-0.2, -0.15) is 4.98 Å². The quantitative estimate of drug-likeness (QED) is 0.669. The van der Waals surface area contributed by atoms with Gasteiger partial charge < -0.3 is 14.8 Å². The van der Waals surface area contributed by atoms with Gasteiger partial charge in [0, 0.05) is 7.11 Å². The summed E-state index contributed by atoms with van der Waals surface area (Å²) in [4.78, 5) is 16.4. The van der Waals surface area contributed by atoms with Crippen molar-refractivity contribution in [2.24, 2.45) is 0 Å². The van der Waals surface area contributed by atoms with E-state index >= 15 is 0 Å². The molecular formula is C21H23N5O3. The number of methoxy groups -OCH3 is 2. The summed E-state index contributed by atoms with van der Waals surface area (Å²) in [5.41, 5.74) is 2.26. The summed E-state index contributed by atoms with van der Waals surface area (Å²) in [7, 11) is 3.12. The van der Waals surface area contributed by atoms with E-state index in [1.807, 2.05) is 47.1 Å². The molecule has 2 aromatic carbocycles. The van der Waals surface area contributed by atoms with Crippen molar-refractivity contribution in [3.8, 4) is 5.75 Å². The maximum absolute atomic E-state index is 11.9. The summed E-state index contributed by atoms with van der Waals surface area (Å²) >= 11 is 0. The van der Waals surface area contributed by atoms with Crippen molar-refractivity contribution in [2.45, 2.75) is 18.5 Å². The van der Waals surface area contributed by atoms with E-state index < -0.39 is 0 Å². The molecule has 2 N–H and O–H groups in total. The van der Waals surface area contributed by atoms with E-state index in [4.69, 9.17) is 9.47 Å². The lowest BCUT2D eigenvalue weighted by molar-refractivity contribution is -0.119. The molecule has 2 heterocycles. The van der Waals surface area contributed by atoms with Crippen molar-refractivity contribution in [2.75, 3.05) is 31.5 Å². The molecule has 150 valence electrons. The van der Waals surface area contributed by atoms with E-state index in [-0.39, 0.29) is 30.5 Å². The third-order valence-electron chi connectivity index (χ3n) is 4.92. The fraction of sp³-hybridized carbons (Fsp3) is 0.286. The number of aromatic nitrogens is 3. The Labute approximate surface area is 168 Å². The van der Waals surface area contributed by atoms with Crippen molar-refractivity contribution in [1.29, 1.82) is 0 Å². The highest BCUT2D eigenvalue weighted by Gasteiger charge is 2.31. The lowest BCUT2D eigenvalue weighted by atomic mass is 9.93. The second kappa shape index (κ2) is 8.32. The summed E-state index contributed by atoms with van der Waals surface area (Å²) in [5, 5.41) is 10.6. The first kappa shape index (κ1) is 18.9. The van der Waals surface area contributed by atoms with Crippen LogP contribution >= 0.6 is 0 Å². The molecule has 0 fully saturated rings. The molecule has 0 radical (unpaired) electrons. The Hall–Kier alpha value is -3.39. The van der Waals surface area contributed by atoms with Gasteiger partial charge in [-0.3, -0.25) is 10.1 Å². The van der Waals surface area contributed by atoms with E-state index in [1.54, 1.807) is 7.11 Å². The molecule has 0 saturated carbocycles. The van der Waals surface area contributed by atoms with Crippen LogP contribution in [0.15, 0.2) is 54.6 Å². The Balaban J connectivity index is 1.68. The summed E-state index contributed by atoms with van der Waals surface area (Å²) in [5.74, 6) is 1.37. The third-order valence-corrected chi connectivity index (χ3v) is 4.92. The maximum Gasteiger partial charge on any atom is 0.252 e. The summed E-state index contributed by atoms with van der Waals surface area (Å²) in [6, 6.07) is 18.2. The smallest absolute Gasteiger partial charge is 0.252 e.